The number of aromatic nitrogens is 4. The Morgan fingerprint density at radius 3 is 2.63 bits per heavy atom. The highest BCUT2D eigenvalue weighted by Crippen LogP contribution is 2.31. The zero-order chi connectivity index (χ0) is 18.5. The van der Waals surface area contributed by atoms with Crippen LogP contribution in [0.3, 0.4) is 0 Å². The average molecular weight is 364 g/mol. The van der Waals surface area contributed by atoms with E-state index in [9.17, 15) is 0 Å². The van der Waals surface area contributed by atoms with E-state index in [1.54, 1.807) is 19.5 Å². The van der Waals surface area contributed by atoms with Crippen LogP contribution in [-0.4, -0.2) is 39.8 Å². The number of imidazole rings is 1. The van der Waals surface area contributed by atoms with Gasteiger partial charge in [-0.1, -0.05) is 30.3 Å². The second-order valence-corrected chi connectivity index (χ2v) is 6.83. The highest BCUT2D eigenvalue weighted by Gasteiger charge is 2.18. The Hall–Kier alpha value is -2.73. The smallest absolute Gasteiger partial charge is 0.316 e. The normalized spacial score (nSPS) is 16.6. The minimum atomic E-state index is 0.368. The highest BCUT2D eigenvalue weighted by atomic mass is 16.5. The molecule has 0 spiro atoms. The molecule has 140 valence electrons. The molecule has 1 saturated heterocycles. The van der Waals surface area contributed by atoms with Crippen LogP contribution in [0.4, 0.5) is 0 Å². The quantitative estimate of drug-likeness (QED) is 0.637. The van der Waals surface area contributed by atoms with Crippen molar-refractivity contribution in [3.05, 3.63) is 49.1 Å². The summed E-state index contributed by atoms with van der Waals surface area (Å²) < 4.78 is 12.8. The minimum absolute atomic E-state index is 0.368. The van der Waals surface area contributed by atoms with Crippen molar-refractivity contribution in [1.82, 2.24) is 19.5 Å². The average Bonchev–Trinajstić information content (AvgIpc) is 3.39. The zero-order valence-electron chi connectivity index (χ0n) is 15.5. The fourth-order valence-electron chi connectivity index (χ4n) is 3.57. The second-order valence-electron chi connectivity index (χ2n) is 6.83. The van der Waals surface area contributed by atoms with E-state index in [0.717, 1.165) is 48.7 Å². The van der Waals surface area contributed by atoms with E-state index in [2.05, 4.69) is 26.7 Å². The van der Waals surface area contributed by atoms with E-state index in [1.807, 2.05) is 24.5 Å². The number of hydrogen-bond acceptors (Lipinski definition) is 5. The van der Waals surface area contributed by atoms with Gasteiger partial charge in [0.15, 0.2) is 0 Å². The summed E-state index contributed by atoms with van der Waals surface area (Å²) in [5.74, 6) is 0.690. The maximum absolute atomic E-state index is 5.49. The molecule has 3 aromatic rings. The lowest BCUT2D eigenvalue weighted by Gasteiger charge is -2.12. The summed E-state index contributed by atoms with van der Waals surface area (Å²) in [4.78, 5) is 13.3. The molecule has 0 aliphatic carbocycles. The monoisotopic (exact) mass is 364 g/mol. The SMILES string of the molecule is COc1ncc(-c2c(-c3ccccc3)ncn2CCC[C@H]2CCOC2)cn1. The lowest BCUT2D eigenvalue weighted by molar-refractivity contribution is 0.183. The first-order chi connectivity index (χ1) is 13.3. The van der Waals surface area contributed by atoms with Crippen molar-refractivity contribution in [2.24, 2.45) is 5.92 Å². The van der Waals surface area contributed by atoms with Crippen LogP contribution in [0.2, 0.25) is 0 Å². The zero-order valence-corrected chi connectivity index (χ0v) is 15.5. The van der Waals surface area contributed by atoms with Crippen LogP contribution in [0, 0.1) is 5.92 Å². The maximum Gasteiger partial charge on any atom is 0.316 e. The summed E-state index contributed by atoms with van der Waals surface area (Å²) in [6.45, 7) is 2.72. The van der Waals surface area contributed by atoms with Crippen molar-refractivity contribution < 1.29 is 9.47 Å². The Kier molecular flexibility index (Phi) is 5.44. The van der Waals surface area contributed by atoms with Crippen molar-refractivity contribution >= 4 is 0 Å². The van der Waals surface area contributed by atoms with Crippen LogP contribution >= 0.6 is 0 Å². The van der Waals surface area contributed by atoms with Gasteiger partial charge in [-0.3, -0.25) is 0 Å². The third kappa shape index (κ3) is 4.01. The first-order valence-electron chi connectivity index (χ1n) is 9.40. The molecule has 0 N–H and O–H groups in total. The maximum atomic E-state index is 5.49. The number of aryl methyl sites for hydroxylation is 1. The molecule has 0 saturated carbocycles. The van der Waals surface area contributed by atoms with Crippen molar-refractivity contribution in [2.75, 3.05) is 20.3 Å². The van der Waals surface area contributed by atoms with E-state index in [1.165, 1.54) is 12.8 Å². The van der Waals surface area contributed by atoms with Gasteiger partial charge in [0.25, 0.3) is 0 Å². The van der Waals surface area contributed by atoms with Crippen LogP contribution in [0.5, 0.6) is 6.01 Å². The molecule has 1 aromatic carbocycles. The van der Waals surface area contributed by atoms with Gasteiger partial charge in [0.1, 0.15) is 0 Å². The molecule has 1 fully saturated rings. The third-order valence-corrected chi connectivity index (χ3v) is 5.00. The fraction of sp³-hybridized carbons (Fsp3) is 0.381. The Morgan fingerprint density at radius 1 is 1.11 bits per heavy atom. The van der Waals surface area contributed by atoms with Gasteiger partial charge >= 0.3 is 6.01 Å². The molecular formula is C21H24N4O2. The lowest BCUT2D eigenvalue weighted by Crippen LogP contribution is -2.05. The lowest BCUT2D eigenvalue weighted by atomic mass is 10.0. The molecule has 1 aliphatic rings. The first kappa shape index (κ1) is 17.7. The molecule has 27 heavy (non-hydrogen) atoms. The minimum Gasteiger partial charge on any atom is -0.467 e. The molecule has 1 atom stereocenters. The van der Waals surface area contributed by atoms with E-state index in [-0.39, 0.29) is 0 Å². The highest BCUT2D eigenvalue weighted by molar-refractivity contribution is 5.77. The standard InChI is InChI=1S/C21H24N4O2/c1-26-21-22-12-18(13-23-21)20-19(17-7-3-2-4-8-17)24-15-25(20)10-5-6-16-9-11-27-14-16/h2-4,7-8,12-13,15-16H,5-6,9-11,14H2,1H3/t16-/m0/s1. The van der Waals surface area contributed by atoms with Crippen LogP contribution in [0.25, 0.3) is 22.5 Å². The Bertz CT molecular complexity index is 856. The van der Waals surface area contributed by atoms with Crippen LogP contribution < -0.4 is 4.74 Å². The van der Waals surface area contributed by atoms with E-state index in [4.69, 9.17) is 14.5 Å². The molecule has 1 aliphatic heterocycles. The Balaban J connectivity index is 1.62. The van der Waals surface area contributed by atoms with Gasteiger partial charge in [-0.05, 0) is 25.2 Å². The number of hydrogen-bond donors (Lipinski definition) is 0. The van der Waals surface area contributed by atoms with Gasteiger partial charge in [-0.2, -0.15) is 0 Å². The van der Waals surface area contributed by atoms with Crippen LogP contribution in [0.1, 0.15) is 19.3 Å². The molecule has 2 aromatic heterocycles. The van der Waals surface area contributed by atoms with Crippen molar-refractivity contribution in [3.63, 3.8) is 0 Å². The number of rotatable bonds is 7. The van der Waals surface area contributed by atoms with E-state index >= 15 is 0 Å². The summed E-state index contributed by atoms with van der Waals surface area (Å²) in [5.41, 5.74) is 4.03. The van der Waals surface area contributed by atoms with Crippen molar-refractivity contribution in [2.45, 2.75) is 25.8 Å². The van der Waals surface area contributed by atoms with E-state index in [0.29, 0.717) is 11.9 Å². The summed E-state index contributed by atoms with van der Waals surface area (Å²) in [7, 11) is 1.57. The summed E-state index contributed by atoms with van der Waals surface area (Å²) >= 11 is 0. The van der Waals surface area contributed by atoms with Gasteiger partial charge in [0.2, 0.25) is 0 Å². The molecule has 0 bridgehead atoms. The second kappa shape index (κ2) is 8.31. The predicted octanol–water partition coefficient (Wildman–Crippen LogP) is 3.83. The number of benzene rings is 1. The van der Waals surface area contributed by atoms with Gasteiger partial charge < -0.3 is 14.0 Å². The Morgan fingerprint density at radius 2 is 1.93 bits per heavy atom. The third-order valence-electron chi connectivity index (χ3n) is 5.00. The molecule has 0 unspecified atom stereocenters. The molecule has 0 radical (unpaired) electrons. The van der Waals surface area contributed by atoms with Gasteiger partial charge in [0.05, 0.1) is 24.8 Å². The number of methoxy groups -OCH3 is 1. The largest absolute Gasteiger partial charge is 0.467 e. The summed E-state index contributed by atoms with van der Waals surface area (Å²) in [6, 6.07) is 10.6. The van der Waals surface area contributed by atoms with Gasteiger partial charge in [0, 0.05) is 43.3 Å². The van der Waals surface area contributed by atoms with Gasteiger partial charge in [-0.25, -0.2) is 15.0 Å². The molecule has 3 heterocycles. The Labute approximate surface area is 159 Å². The summed E-state index contributed by atoms with van der Waals surface area (Å²) in [5, 5.41) is 0. The molecular weight excluding hydrogens is 340 g/mol. The first-order valence-corrected chi connectivity index (χ1v) is 9.40. The van der Waals surface area contributed by atoms with Crippen LogP contribution in [-0.2, 0) is 11.3 Å². The summed E-state index contributed by atoms with van der Waals surface area (Å²) in [6.07, 6.45) is 8.98. The molecule has 0 amide bonds. The fourth-order valence-corrected chi connectivity index (χ4v) is 3.57. The van der Waals surface area contributed by atoms with E-state index < -0.39 is 0 Å². The van der Waals surface area contributed by atoms with Crippen LogP contribution in [0.15, 0.2) is 49.1 Å². The van der Waals surface area contributed by atoms with Gasteiger partial charge in [-0.15, -0.1) is 0 Å². The predicted molar refractivity (Wildman–Crippen MR) is 103 cm³/mol. The topological polar surface area (TPSA) is 62.1 Å². The molecule has 4 rings (SSSR count). The number of nitrogens with zero attached hydrogens (tertiary/aromatic N) is 4. The number of ether oxygens (including phenoxy) is 2. The molecule has 6 heteroatoms. The molecule has 6 nitrogen and oxygen atoms in total. The van der Waals surface area contributed by atoms with Crippen molar-refractivity contribution in [1.29, 1.82) is 0 Å². The van der Waals surface area contributed by atoms with Crippen molar-refractivity contribution in [3.8, 4) is 28.5 Å².